The molecule has 9 nitrogen and oxygen atoms in total. The van der Waals surface area contributed by atoms with Crippen molar-refractivity contribution in [3.8, 4) is 0 Å². The maximum Gasteiger partial charge on any atom is 0.235 e. The fraction of sp³-hybridized carbons (Fsp3) is 0.647. The van der Waals surface area contributed by atoms with Crippen molar-refractivity contribution in [2.45, 2.75) is 25.2 Å². The minimum atomic E-state index is -0.697. The summed E-state index contributed by atoms with van der Waals surface area (Å²) in [7, 11) is 3.27. The van der Waals surface area contributed by atoms with Crippen molar-refractivity contribution in [1.29, 1.82) is 0 Å². The highest BCUT2D eigenvalue weighted by Crippen LogP contribution is 2.52. The number of hydrogen-bond acceptors (Lipinski definition) is 7. The second-order valence-electron chi connectivity index (χ2n) is 7.06. The Kier molecular flexibility index (Phi) is 4.07. The van der Waals surface area contributed by atoms with E-state index in [0.717, 1.165) is 0 Å². The third kappa shape index (κ3) is 2.53. The normalized spacial score (nSPS) is 31.7. The second kappa shape index (κ2) is 6.17. The minimum absolute atomic E-state index is 0.0470. The van der Waals surface area contributed by atoms with Gasteiger partial charge in [-0.3, -0.25) is 9.59 Å². The number of aromatic nitrogens is 2. The van der Waals surface area contributed by atoms with Gasteiger partial charge in [-0.1, -0.05) is 12.2 Å². The lowest BCUT2D eigenvalue weighted by Crippen LogP contribution is -2.44. The molecule has 0 aromatic carbocycles. The summed E-state index contributed by atoms with van der Waals surface area (Å²) in [5.41, 5.74) is -0.697. The lowest BCUT2D eigenvalue weighted by Gasteiger charge is -2.27. The summed E-state index contributed by atoms with van der Waals surface area (Å²) < 4.78 is 16.5. The highest BCUT2D eigenvalue weighted by atomic mass is 16.5. The lowest BCUT2D eigenvalue weighted by atomic mass is 9.76. The number of nitrogens with zero attached hydrogens (tertiary/aromatic N) is 4. The largest absolute Gasteiger partial charge is 0.424 e. The van der Waals surface area contributed by atoms with Crippen LogP contribution >= 0.6 is 0 Å². The highest BCUT2D eigenvalue weighted by molar-refractivity contribution is 5.92. The van der Waals surface area contributed by atoms with Crippen LogP contribution in [0.2, 0.25) is 0 Å². The lowest BCUT2D eigenvalue weighted by molar-refractivity contribution is -0.143. The van der Waals surface area contributed by atoms with Crippen LogP contribution in [-0.2, 0) is 25.6 Å². The van der Waals surface area contributed by atoms with Gasteiger partial charge in [0.2, 0.25) is 23.6 Å². The van der Waals surface area contributed by atoms with Crippen molar-refractivity contribution in [3.63, 3.8) is 0 Å². The molecule has 0 N–H and O–H groups in total. The molecule has 140 valence electrons. The van der Waals surface area contributed by atoms with Crippen molar-refractivity contribution >= 4 is 11.8 Å². The molecule has 1 aromatic heterocycles. The summed E-state index contributed by atoms with van der Waals surface area (Å²) in [6, 6.07) is 0. The van der Waals surface area contributed by atoms with Crippen LogP contribution in [0, 0.1) is 18.8 Å². The van der Waals surface area contributed by atoms with Crippen LogP contribution in [0.25, 0.3) is 0 Å². The Morgan fingerprint density at radius 1 is 1.50 bits per heavy atom. The monoisotopic (exact) mass is 362 g/mol. The van der Waals surface area contributed by atoms with Gasteiger partial charge >= 0.3 is 0 Å². The first-order valence-electron chi connectivity index (χ1n) is 8.64. The number of ether oxygens (including phenoxy) is 2. The van der Waals surface area contributed by atoms with Crippen LogP contribution in [0.4, 0.5) is 0 Å². The summed E-state index contributed by atoms with van der Waals surface area (Å²) in [5, 5.41) is 7.70. The van der Waals surface area contributed by atoms with E-state index in [2.05, 4.69) is 10.2 Å². The van der Waals surface area contributed by atoms with Crippen LogP contribution < -0.4 is 0 Å². The first-order chi connectivity index (χ1) is 12.4. The Morgan fingerprint density at radius 3 is 3.00 bits per heavy atom. The zero-order chi connectivity index (χ0) is 18.5. The molecule has 0 unspecified atom stereocenters. The molecule has 3 aliphatic rings. The van der Waals surface area contributed by atoms with Gasteiger partial charge in [-0.15, -0.1) is 10.2 Å². The van der Waals surface area contributed by atoms with E-state index >= 15 is 0 Å². The molecule has 4 heterocycles. The number of methoxy groups -OCH3 is 1. The zero-order valence-corrected chi connectivity index (χ0v) is 15.0. The fourth-order valence-electron chi connectivity index (χ4n) is 4.19. The molecule has 4 atom stereocenters. The van der Waals surface area contributed by atoms with Gasteiger partial charge in [0, 0.05) is 27.6 Å². The number of carbonyl (C=O) groups excluding carboxylic acids is 2. The number of hydrogen-bond donors (Lipinski definition) is 0. The Labute approximate surface area is 150 Å². The Bertz CT molecular complexity index is 762. The van der Waals surface area contributed by atoms with Crippen molar-refractivity contribution in [2.75, 3.05) is 33.9 Å². The SMILES string of the molecule is COCCN1C[C@]23C=C[C@H](O2)[C@H](C(=O)N(C)Cc2nnc(C)o2)[C@H]3C1=O. The van der Waals surface area contributed by atoms with Gasteiger partial charge in [-0.25, -0.2) is 0 Å². The molecule has 3 aliphatic heterocycles. The Morgan fingerprint density at radius 2 is 2.31 bits per heavy atom. The predicted molar refractivity (Wildman–Crippen MR) is 87.7 cm³/mol. The van der Waals surface area contributed by atoms with Crippen molar-refractivity contribution < 1.29 is 23.5 Å². The molecule has 1 spiro atoms. The third-order valence-electron chi connectivity index (χ3n) is 5.35. The summed E-state index contributed by atoms with van der Waals surface area (Å²) in [6.45, 7) is 3.31. The van der Waals surface area contributed by atoms with Crippen LogP contribution in [0.3, 0.4) is 0 Å². The number of rotatable bonds is 6. The first-order valence-corrected chi connectivity index (χ1v) is 8.64. The van der Waals surface area contributed by atoms with Gasteiger partial charge in [0.15, 0.2) is 0 Å². The van der Waals surface area contributed by atoms with Gasteiger partial charge in [0.1, 0.15) is 5.60 Å². The second-order valence-corrected chi connectivity index (χ2v) is 7.06. The fourth-order valence-corrected chi connectivity index (χ4v) is 4.19. The molecule has 26 heavy (non-hydrogen) atoms. The molecule has 2 bridgehead atoms. The Balaban J connectivity index is 1.52. The molecule has 4 rings (SSSR count). The van der Waals surface area contributed by atoms with Gasteiger partial charge < -0.3 is 23.7 Å². The molecule has 0 radical (unpaired) electrons. The average molecular weight is 362 g/mol. The first kappa shape index (κ1) is 17.2. The van der Waals surface area contributed by atoms with Crippen LogP contribution in [0.15, 0.2) is 16.6 Å². The number of aryl methyl sites for hydroxylation is 1. The molecule has 0 aliphatic carbocycles. The van der Waals surface area contributed by atoms with Crippen molar-refractivity contribution in [3.05, 3.63) is 23.9 Å². The summed E-state index contributed by atoms with van der Waals surface area (Å²) in [6.07, 6.45) is 3.47. The standard InChI is InChI=1S/C17H22N4O5/c1-10-18-19-12(25-10)8-20(2)15(22)13-11-4-5-17(26-11)9-21(6-7-24-3)16(23)14(13)17/h4-5,11,13-14H,6-9H2,1-3H3/t11-,13-,14-,17-/m0/s1. The molecule has 9 heteroatoms. The molecule has 2 saturated heterocycles. The van der Waals surface area contributed by atoms with Gasteiger partial charge in [-0.2, -0.15) is 0 Å². The quantitative estimate of drug-likeness (QED) is 0.645. The van der Waals surface area contributed by atoms with Gasteiger partial charge in [0.05, 0.1) is 37.6 Å². The smallest absolute Gasteiger partial charge is 0.235 e. The van der Waals surface area contributed by atoms with E-state index in [9.17, 15) is 9.59 Å². The molecule has 0 saturated carbocycles. The topological polar surface area (TPSA) is 98.0 Å². The van der Waals surface area contributed by atoms with Gasteiger partial charge in [0.25, 0.3) is 0 Å². The minimum Gasteiger partial charge on any atom is -0.424 e. The zero-order valence-electron chi connectivity index (χ0n) is 15.0. The third-order valence-corrected chi connectivity index (χ3v) is 5.35. The molecule has 1 aromatic rings. The van der Waals surface area contributed by atoms with E-state index in [-0.39, 0.29) is 24.5 Å². The van der Waals surface area contributed by atoms with Crippen molar-refractivity contribution in [1.82, 2.24) is 20.0 Å². The van der Waals surface area contributed by atoms with Crippen molar-refractivity contribution in [2.24, 2.45) is 11.8 Å². The summed E-state index contributed by atoms with van der Waals surface area (Å²) >= 11 is 0. The summed E-state index contributed by atoms with van der Waals surface area (Å²) in [5.74, 6) is -0.404. The maximum absolute atomic E-state index is 13.1. The summed E-state index contributed by atoms with van der Waals surface area (Å²) in [4.78, 5) is 29.2. The van der Waals surface area contributed by atoms with E-state index in [1.54, 1.807) is 26.0 Å². The van der Waals surface area contributed by atoms with E-state index < -0.39 is 17.4 Å². The number of likely N-dealkylation sites (tertiary alicyclic amines) is 1. The van der Waals surface area contributed by atoms with Crippen LogP contribution in [0.5, 0.6) is 0 Å². The Hall–Kier alpha value is -2.26. The molecular weight excluding hydrogens is 340 g/mol. The van der Waals surface area contributed by atoms with E-state index in [1.165, 1.54) is 4.90 Å². The number of amides is 2. The maximum atomic E-state index is 13.1. The van der Waals surface area contributed by atoms with E-state index in [1.807, 2.05) is 12.2 Å². The average Bonchev–Trinajstić information content (AvgIpc) is 3.34. The van der Waals surface area contributed by atoms with Crippen LogP contribution in [-0.4, -0.2) is 77.4 Å². The van der Waals surface area contributed by atoms with E-state index in [4.69, 9.17) is 13.9 Å². The molecule has 2 fully saturated rings. The van der Waals surface area contributed by atoms with Gasteiger partial charge in [-0.05, 0) is 0 Å². The van der Waals surface area contributed by atoms with E-state index in [0.29, 0.717) is 31.5 Å². The molecular formula is C17H22N4O5. The predicted octanol–water partition coefficient (Wildman–Crippen LogP) is -0.235. The highest BCUT2D eigenvalue weighted by Gasteiger charge is 2.67. The number of carbonyl (C=O) groups is 2. The number of fused-ring (bicyclic) bond motifs is 1. The van der Waals surface area contributed by atoms with Crippen LogP contribution in [0.1, 0.15) is 11.8 Å². The molecule has 2 amide bonds.